The van der Waals surface area contributed by atoms with Gasteiger partial charge in [-0.05, 0) is 13.3 Å². The maximum absolute atomic E-state index is 11.5. The van der Waals surface area contributed by atoms with Crippen molar-refractivity contribution in [3.63, 3.8) is 0 Å². The minimum Gasteiger partial charge on any atom is -0.463 e. The van der Waals surface area contributed by atoms with E-state index in [9.17, 15) is 14.9 Å². The molecule has 0 radical (unpaired) electrons. The summed E-state index contributed by atoms with van der Waals surface area (Å²) in [6.45, 7) is 7.40. The topological polar surface area (TPSA) is 69.4 Å². The molecular weight excluding hydrogens is 222 g/mol. The molecule has 17 heavy (non-hydrogen) atoms. The molecule has 0 fully saturated rings. The lowest BCUT2D eigenvalue weighted by molar-refractivity contribution is -0.486. The Morgan fingerprint density at radius 1 is 1.41 bits per heavy atom. The zero-order valence-corrected chi connectivity index (χ0v) is 10.6. The van der Waals surface area contributed by atoms with Gasteiger partial charge >= 0.3 is 5.97 Å². The largest absolute Gasteiger partial charge is 0.463 e. The van der Waals surface area contributed by atoms with Crippen LogP contribution in [0.25, 0.3) is 0 Å². The molecule has 5 heteroatoms. The van der Waals surface area contributed by atoms with E-state index in [1.807, 2.05) is 0 Å². The Hall–Kier alpha value is -1.39. The van der Waals surface area contributed by atoms with E-state index in [0.717, 1.165) is 19.3 Å². The summed E-state index contributed by atoms with van der Waals surface area (Å²) in [5.74, 6) is -0.925. The van der Waals surface area contributed by atoms with Gasteiger partial charge in [0.05, 0.1) is 12.5 Å². The molecule has 1 atom stereocenters. The molecule has 5 nitrogen and oxygen atoms in total. The van der Waals surface area contributed by atoms with Crippen molar-refractivity contribution in [3.05, 3.63) is 22.3 Å². The van der Waals surface area contributed by atoms with Gasteiger partial charge < -0.3 is 4.74 Å². The average molecular weight is 243 g/mol. The lowest BCUT2D eigenvalue weighted by Crippen LogP contribution is -2.22. The van der Waals surface area contributed by atoms with Crippen molar-refractivity contribution in [2.24, 2.45) is 5.92 Å². The Morgan fingerprint density at radius 2 is 2.06 bits per heavy atom. The average Bonchev–Trinajstić information content (AvgIpc) is 2.27. The zero-order valence-electron chi connectivity index (χ0n) is 10.6. The molecule has 0 aromatic heterocycles. The van der Waals surface area contributed by atoms with Gasteiger partial charge in [0, 0.05) is 10.5 Å². The lowest BCUT2D eigenvalue weighted by atomic mass is 9.94. The first-order valence-electron chi connectivity index (χ1n) is 6.00. The first-order valence-corrected chi connectivity index (χ1v) is 6.00. The molecule has 0 N–H and O–H groups in total. The Kier molecular flexibility index (Phi) is 8.01. The van der Waals surface area contributed by atoms with E-state index in [2.05, 4.69) is 13.5 Å². The normalized spacial score (nSPS) is 11.9. The minimum absolute atomic E-state index is 0.222. The number of carbonyl (C=O) groups excluding carboxylic acids is 1. The molecule has 1 unspecified atom stereocenters. The highest BCUT2D eigenvalue weighted by Gasteiger charge is 2.24. The van der Waals surface area contributed by atoms with Crippen molar-refractivity contribution in [2.45, 2.75) is 39.5 Å². The van der Waals surface area contributed by atoms with Crippen LogP contribution in [0, 0.1) is 16.0 Å². The number of rotatable bonds is 9. The van der Waals surface area contributed by atoms with Crippen LogP contribution in [0.2, 0.25) is 0 Å². The number of nitrogens with zero attached hydrogens (tertiary/aromatic N) is 1. The molecule has 0 heterocycles. The van der Waals surface area contributed by atoms with Crippen molar-refractivity contribution in [2.75, 3.05) is 13.2 Å². The molecule has 0 rings (SSSR count). The van der Waals surface area contributed by atoms with E-state index >= 15 is 0 Å². The van der Waals surface area contributed by atoms with E-state index in [1.54, 1.807) is 6.92 Å². The molecule has 0 aromatic rings. The van der Waals surface area contributed by atoms with Gasteiger partial charge in [0.15, 0.2) is 0 Å². The maximum Gasteiger partial charge on any atom is 0.333 e. The van der Waals surface area contributed by atoms with Crippen LogP contribution in [-0.4, -0.2) is 24.0 Å². The predicted octanol–water partition coefficient (Wildman–Crippen LogP) is 2.58. The van der Waals surface area contributed by atoms with E-state index in [1.165, 1.54) is 0 Å². The third-order valence-electron chi connectivity index (χ3n) is 2.56. The standard InChI is InChI=1S/C12H21NO4/c1-4-6-7-8-11(9-13(15)16)10(3)12(14)17-5-2/h11H,3-9H2,1-2H3. The van der Waals surface area contributed by atoms with Crippen LogP contribution in [0.15, 0.2) is 12.2 Å². The zero-order chi connectivity index (χ0) is 13.3. The Labute approximate surface area is 102 Å². The van der Waals surface area contributed by atoms with Gasteiger partial charge in [-0.15, -0.1) is 0 Å². The van der Waals surface area contributed by atoms with Crippen LogP contribution in [0.1, 0.15) is 39.5 Å². The smallest absolute Gasteiger partial charge is 0.333 e. The number of unbranched alkanes of at least 4 members (excludes halogenated alkanes) is 2. The first kappa shape index (κ1) is 15.6. The van der Waals surface area contributed by atoms with Crippen LogP contribution >= 0.6 is 0 Å². The molecular formula is C12H21NO4. The van der Waals surface area contributed by atoms with Crippen LogP contribution in [-0.2, 0) is 9.53 Å². The molecule has 0 aliphatic heterocycles. The van der Waals surface area contributed by atoms with Crippen LogP contribution in [0.5, 0.6) is 0 Å². The maximum atomic E-state index is 11.5. The Morgan fingerprint density at radius 3 is 2.53 bits per heavy atom. The summed E-state index contributed by atoms with van der Waals surface area (Å²) in [6, 6.07) is 0. The van der Waals surface area contributed by atoms with E-state index < -0.39 is 16.8 Å². The fourth-order valence-corrected chi connectivity index (χ4v) is 1.59. The van der Waals surface area contributed by atoms with Crippen molar-refractivity contribution >= 4 is 5.97 Å². The van der Waals surface area contributed by atoms with Gasteiger partial charge in [-0.25, -0.2) is 4.79 Å². The molecule has 0 spiro atoms. The number of esters is 1. The summed E-state index contributed by atoms with van der Waals surface area (Å²) >= 11 is 0. The highest BCUT2D eigenvalue weighted by atomic mass is 16.6. The summed E-state index contributed by atoms with van der Waals surface area (Å²) in [7, 11) is 0. The van der Waals surface area contributed by atoms with Crippen molar-refractivity contribution in [3.8, 4) is 0 Å². The third-order valence-corrected chi connectivity index (χ3v) is 2.56. The fraction of sp³-hybridized carbons (Fsp3) is 0.750. The van der Waals surface area contributed by atoms with Gasteiger partial charge in [-0.3, -0.25) is 10.1 Å². The monoisotopic (exact) mass is 243 g/mol. The van der Waals surface area contributed by atoms with Crippen molar-refractivity contribution in [1.29, 1.82) is 0 Å². The summed E-state index contributed by atoms with van der Waals surface area (Å²) in [4.78, 5) is 21.6. The summed E-state index contributed by atoms with van der Waals surface area (Å²) < 4.78 is 4.81. The van der Waals surface area contributed by atoms with Crippen LogP contribution in [0.3, 0.4) is 0 Å². The summed E-state index contributed by atoms with van der Waals surface area (Å²) in [6.07, 6.45) is 3.53. The second-order valence-corrected chi connectivity index (χ2v) is 3.95. The van der Waals surface area contributed by atoms with Gasteiger partial charge in [0.25, 0.3) is 0 Å². The highest BCUT2D eigenvalue weighted by Crippen LogP contribution is 2.19. The molecule has 0 saturated heterocycles. The van der Waals surface area contributed by atoms with Crippen LogP contribution in [0.4, 0.5) is 0 Å². The molecule has 0 aromatic carbocycles. The third kappa shape index (κ3) is 6.71. The van der Waals surface area contributed by atoms with Gasteiger partial charge in [-0.1, -0.05) is 32.8 Å². The Bertz CT molecular complexity index is 276. The molecule has 0 amide bonds. The number of carbonyl (C=O) groups is 1. The quantitative estimate of drug-likeness (QED) is 0.205. The predicted molar refractivity (Wildman–Crippen MR) is 65.3 cm³/mol. The summed E-state index contributed by atoms with van der Waals surface area (Å²) in [5, 5.41) is 10.5. The minimum atomic E-state index is -0.518. The molecule has 0 bridgehead atoms. The van der Waals surface area contributed by atoms with Gasteiger partial charge in [0.2, 0.25) is 6.54 Å². The second-order valence-electron chi connectivity index (χ2n) is 3.95. The highest BCUT2D eigenvalue weighted by molar-refractivity contribution is 5.88. The Balaban J connectivity index is 4.38. The van der Waals surface area contributed by atoms with Gasteiger partial charge in [-0.2, -0.15) is 0 Å². The van der Waals surface area contributed by atoms with E-state index in [0.29, 0.717) is 6.42 Å². The second kappa shape index (κ2) is 8.73. The molecule has 0 saturated carbocycles. The number of nitro groups is 1. The fourth-order valence-electron chi connectivity index (χ4n) is 1.59. The van der Waals surface area contributed by atoms with E-state index in [4.69, 9.17) is 4.74 Å². The number of hydrogen-bond acceptors (Lipinski definition) is 4. The molecule has 0 aliphatic rings. The SMILES string of the molecule is C=C(C(=O)OCC)C(CCCCC)C[N+](=O)[O-]. The molecule has 98 valence electrons. The first-order chi connectivity index (χ1) is 8.02. The van der Waals surface area contributed by atoms with Crippen LogP contribution < -0.4 is 0 Å². The lowest BCUT2D eigenvalue weighted by Gasteiger charge is -2.14. The number of ether oxygens (including phenoxy) is 1. The van der Waals surface area contributed by atoms with Crippen molar-refractivity contribution in [1.82, 2.24) is 0 Å². The molecule has 0 aliphatic carbocycles. The van der Waals surface area contributed by atoms with Crippen molar-refractivity contribution < 1.29 is 14.5 Å². The van der Waals surface area contributed by atoms with E-state index in [-0.39, 0.29) is 18.7 Å². The number of hydrogen-bond donors (Lipinski definition) is 0. The summed E-state index contributed by atoms with van der Waals surface area (Å²) in [5.41, 5.74) is 0.222. The van der Waals surface area contributed by atoms with Gasteiger partial charge in [0.1, 0.15) is 0 Å².